The lowest BCUT2D eigenvalue weighted by atomic mass is 9.76. The summed E-state index contributed by atoms with van der Waals surface area (Å²) in [6.45, 7) is 0.250. The topological polar surface area (TPSA) is 77.4 Å². The molecule has 33 heavy (non-hydrogen) atoms. The Hall–Kier alpha value is -2.63. The fraction of sp³-hybridized carbons (Fsp3) is 0.455. The Balaban J connectivity index is 1.09. The summed E-state index contributed by atoms with van der Waals surface area (Å²) < 4.78 is 51.3. The lowest BCUT2D eigenvalue weighted by Gasteiger charge is -2.42. The number of rotatable bonds is 4. The molecule has 0 N–H and O–H groups in total. The molecule has 6 rings (SSSR count). The van der Waals surface area contributed by atoms with Crippen LogP contribution in [-0.2, 0) is 27.1 Å². The summed E-state index contributed by atoms with van der Waals surface area (Å²) in [6.07, 6.45) is 2.56. The molecule has 2 atom stereocenters. The first kappa shape index (κ1) is 20.9. The lowest BCUT2D eigenvalue weighted by Crippen LogP contribution is -2.54. The molecule has 3 aliphatic rings. The number of hydrogen-bond acceptors (Lipinski definition) is 7. The molecule has 1 amide bonds. The molecule has 11 heteroatoms. The maximum atomic E-state index is 13.2. The van der Waals surface area contributed by atoms with Gasteiger partial charge in [-0.15, -0.1) is 11.3 Å². The molecule has 0 radical (unpaired) electrons. The van der Waals surface area contributed by atoms with Gasteiger partial charge in [-0.3, -0.25) is 14.8 Å². The second kappa shape index (κ2) is 7.44. The van der Waals surface area contributed by atoms with Crippen molar-refractivity contribution in [1.29, 1.82) is 0 Å². The van der Waals surface area contributed by atoms with Crippen LogP contribution in [0.1, 0.15) is 48.0 Å². The molecule has 3 fully saturated rings. The molecule has 1 spiro atoms. The van der Waals surface area contributed by atoms with E-state index in [1.807, 2.05) is 0 Å². The average Bonchev–Trinajstić information content (AvgIpc) is 3.45. The number of amides is 1. The van der Waals surface area contributed by atoms with E-state index in [0.717, 1.165) is 24.1 Å². The van der Waals surface area contributed by atoms with E-state index >= 15 is 0 Å². The summed E-state index contributed by atoms with van der Waals surface area (Å²) in [6, 6.07) is 4.85. The number of carbonyl (C=O) groups excluding carboxylic acids is 1. The number of alkyl halides is 3. The van der Waals surface area contributed by atoms with Crippen LogP contribution in [-0.4, -0.2) is 43.7 Å². The van der Waals surface area contributed by atoms with E-state index in [4.69, 9.17) is 9.47 Å². The smallest absolute Gasteiger partial charge is 0.373 e. The standard InChI is InChI=1S/C22H19F3N4O3S/c23-22(24,25)19-28-14-2-1-12(7-17(14)33-19)11-31-13-8-21(9-13)20(30)29-16(3-4-18(29)32-21)15-10-26-5-6-27-15/h1-2,5-7,10,13,16,18H,3-4,8-9,11H2/t13?,16-,18?,21?/m0/s1. The Kier molecular flexibility index (Phi) is 4.72. The van der Waals surface area contributed by atoms with Crippen molar-refractivity contribution in [2.45, 2.75) is 62.4 Å². The Bertz CT molecular complexity index is 1210. The second-order valence-electron chi connectivity index (χ2n) is 8.66. The third-order valence-electron chi connectivity index (χ3n) is 6.54. The van der Waals surface area contributed by atoms with Crippen LogP contribution in [0.25, 0.3) is 10.2 Å². The quantitative estimate of drug-likeness (QED) is 0.561. The highest BCUT2D eigenvalue weighted by molar-refractivity contribution is 7.18. The summed E-state index contributed by atoms with van der Waals surface area (Å²) >= 11 is 0.624. The number of fused-ring (bicyclic) bond motifs is 2. The van der Waals surface area contributed by atoms with Gasteiger partial charge in [-0.2, -0.15) is 13.2 Å². The van der Waals surface area contributed by atoms with Gasteiger partial charge in [0.05, 0.1) is 40.9 Å². The Labute approximate surface area is 190 Å². The monoisotopic (exact) mass is 476 g/mol. The molecule has 3 aromatic rings. The van der Waals surface area contributed by atoms with Gasteiger partial charge in [0, 0.05) is 25.2 Å². The fourth-order valence-corrected chi connectivity index (χ4v) is 5.84. The van der Waals surface area contributed by atoms with Crippen LogP contribution in [0.3, 0.4) is 0 Å². The van der Waals surface area contributed by atoms with E-state index in [0.29, 0.717) is 34.4 Å². The molecule has 4 heterocycles. The van der Waals surface area contributed by atoms with Gasteiger partial charge in [0.1, 0.15) is 6.23 Å². The fourth-order valence-electron chi connectivity index (χ4n) is 4.95. The van der Waals surface area contributed by atoms with Crippen molar-refractivity contribution in [3.8, 4) is 0 Å². The van der Waals surface area contributed by atoms with E-state index in [2.05, 4.69) is 15.0 Å². The zero-order valence-corrected chi connectivity index (χ0v) is 18.1. The van der Waals surface area contributed by atoms with Crippen LogP contribution in [0.4, 0.5) is 13.2 Å². The first-order chi connectivity index (χ1) is 15.8. The number of aromatic nitrogens is 3. The average molecular weight is 476 g/mol. The largest absolute Gasteiger partial charge is 0.443 e. The summed E-state index contributed by atoms with van der Waals surface area (Å²) in [7, 11) is 0. The third kappa shape index (κ3) is 3.49. The number of thiazole rings is 1. The van der Waals surface area contributed by atoms with Crippen molar-refractivity contribution in [1.82, 2.24) is 19.9 Å². The van der Waals surface area contributed by atoms with Gasteiger partial charge in [-0.1, -0.05) is 6.07 Å². The first-order valence-electron chi connectivity index (χ1n) is 10.7. The Morgan fingerprint density at radius 3 is 2.85 bits per heavy atom. The predicted octanol–water partition coefficient (Wildman–Crippen LogP) is 4.24. The minimum absolute atomic E-state index is 0.0220. The van der Waals surface area contributed by atoms with Crippen LogP contribution in [0.5, 0.6) is 0 Å². The highest BCUT2D eigenvalue weighted by Crippen LogP contribution is 2.51. The molecular formula is C22H19F3N4O3S. The number of ether oxygens (including phenoxy) is 2. The minimum atomic E-state index is -4.45. The molecule has 2 aromatic heterocycles. The van der Waals surface area contributed by atoms with Gasteiger partial charge in [0.25, 0.3) is 5.91 Å². The van der Waals surface area contributed by atoms with Gasteiger partial charge < -0.3 is 14.4 Å². The van der Waals surface area contributed by atoms with Gasteiger partial charge in [0.15, 0.2) is 10.6 Å². The van der Waals surface area contributed by atoms with Crippen LogP contribution < -0.4 is 0 Å². The van der Waals surface area contributed by atoms with E-state index < -0.39 is 16.8 Å². The minimum Gasteiger partial charge on any atom is -0.373 e. The normalized spacial score (nSPS) is 29.1. The highest BCUT2D eigenvalue weighted by atomic mass is 32.1. The molecule has 2 aliphatic heterocycles. The molecule has 1 aliphatic carbocycles. The number of halogens is 3. The van der Waals surface area contributed by atoms with Crippen LogP contribution >= 0.6 is 11.3 Å². The molecule has 1 saturated carbocycles. The maximum Gasteiger partial charge on any atom is 0.443 e. The first-order valence-corrected chi connectivity index (χ1v) is 11.5. The molecule has 2 saturated heterocycles. The summed E-state index contributed by atoms with van der Waals surface area (Å²) in [4.78, 5) is 27.1. The van der Waals surface area contributed by atoms with Crippen molar-refractivity contribution >= 4 is 27.5 Å². The Morgan fingerprint density at radius 2 is 2.09 bits per heavy atom. The third-order valence-corrected chi connectivity index (χ3v) is 7.60. The molecule has 1 aromatic carbocycles. The molecule has 172 valence electrons. The molecule has 7 nitrogen and oxygen atoms in total. The van der Waals surface area contributed by atoms with Crippen LogP contribution in [0.15, 0.2) is 36.8 Å². The Morgan fingerprint density at radius 1 is 1.24 bits per heavy atom. The van der Waals surface area contributed by atoms with Crippen molar-refractivity contribution < 1.29 is 27.4 Å². The number of hydrogen-bond donors (Lipinski definition) is 0. The van der Waals surface area contributed by atoms with Gasteiger partial charge >= 0.3 is 6.18 Å². The van der Waals surface area contributed by atoms with Gasteiger partial charge in [0.2, 0.25) is 0 Å². The van der Waals surface area contributed by atoms with Gasteiger partial charge in [-0.05, 0) is 30.5 Å². The predicted molar refractivity (Wildman–Crippen MR) is 111 cm³/mol. The number of benzene rings is 1. The van der Waals surface area contributed by atoms with Crippen molar-refractivity contribution in [2.75, 3.05) is 0 Å². The van der Waals surface area contributed by atoms with E-state index in [-0.39, 0.29) is 30.9 Å². The maximum absolute atomic E-state index is 13.2. The van der Waals surface area contributed by atoms with Crippen LogP contribution in [0.2, 0.25) is 0 Å². The lowest BCUT2D eigenvalue weighted by molar-refractivity contribution is -0.177. The summed E-state index contributed by atoms with van der Waals surface area (Å²) in [5.74, 6) is -0.0220. The number of nitrogens with zero attached hydrogens (tertiary/aromatic N) is 4. The molecular weight excluding hydrogens is 457 g/mol. The van der Waals surface area contributed by atoms with Crippen molar-refractivity contribution in [2.24, 2.45) is 0 Å². The van der Waals surface area contributed by atoms with E-state index in [1.54, 1.807) is 41.7 Å². The SMILES string of the molecule is O=C1N2C(CC[C@H]2c2cnccn2)OC12CC(OCc1ccc3nc(C(F)(F)F)sc3c1)C2. The number of carbonyl (C=O) groups is 1. The highest BCUT2D eigenvalue weighted by Gasteiger charge is 2.63. The zero-order valence-electron chi connectivity index (χ0n) is 17.3. The van der Waals surface area contributed by atoms with E-state index in [1.165, 1.54) is 0 Å². The van der Waals surface area contributed by atoms with Gasteiger partial charge in [-0.25, -0.2) is 4.98 Å². The summed E-state index contributed by atoms with van der Waals surface area (Å²) in [5.41, 5.74) is 1.01. The van der Waals surface area contributed by atoms with Crippen molar-refractivity contribution in [3.63, 3.8) is 0 Å². The van der Waals surface area contributed by atoms with Crippen molar-refractivity contribution in [3.05, 3.63) is 53.1 Å². The molecule has 0 bridgehead atoms. The van der Waals surface area contributed by atoms with Crippen LogP contribution in [0, 0.1) is 0 Å². The summed E-state index contributed by atoms with van der Waals surface area (Å²) in [5, 5.41) is -0.853. The zero-order chi connectivity index (χ0) is 22.8. The second-order valence-corrected chi connectivity index (χ2v) is 9.69. The molecule has 1 unspecified atom stereocenters. The van der Waals surface area contributed by atoms with E-state index in [9.17, 15) is 18.0 Å².